The van der Waals surface area contributed by atoms with Gasteiger partial charge in [0, 0.05) is 48.4 Å². The van der Waals surface area contributed by atoms with E-state index in [4.69, 9.17) is 14.5 Å². The molecule has 4 rings (SSSR count). The number of hydrogen-bond acceptors (Lipinski definition) is 6. The van der Waals surface area contributed by atoms with Gasteiger partial charge in [-0.25, -0.2) is 4.98 Å². The van der Waals surface area contributed by atoms with Gasteiger partial charge >= 0.3 is 0 Å². The zero-order valence-electron chi connectivity index (χ0n) is 20.4. The van der Waals surface area contributed by atoms with Crippen LogP contribution in [0.4, 0.5) is 11.4 Å². The molecule has 0 radical (unpaired) electrons. The molecule has 34 heavy (non-hydrogen) atoms. The normalized spacial score (nSPS) is 11.6. The summed E-state index contributed by atoms with van der Waals surface area (Å²) in [5.41, 5.74) is 5.21. The van der Waals surface area contributed by atoms with E-state index >= 15 is 0 Å². The van der Waals surface area contributed by atoms with Gasteiger partial charge in [0.25, 0.3) is 0 Å². The molecule has 2 heterocycles. The second kappa shape index (κ2) is 9.65. The van der Waals surface area contributed by atoms with Gasteiger partial charge in [-0.15, -0.1) is 0 Å². The fraction of sp³-hybridized carbons (Fsp3) is 0.269. The molecular weight excluding hydrogens is 446 g/mol. The first-order chi connectivity index (χ1) is 16.3. The minimum absolute atomic E-state index is 0.516. The molecule has 0 unspecified atom stereocenters. The van der Waals surface area contributed by atoms with Gasteiger partial charge in [0.15, 0.2) is 0 Å². The summed E-state index contributed by atoms with van der Waals surface area (Å²) in [7, 11) is 4.24. The molecule has 0 amide bonds. The van der Waals surface area contributed by atoms with Crippen LogP contribution in [0.3, 0.4) is 0 Å². The van der Waals surface area contributed by atoms with Gasteiger partial charge < -0.3 is 14.4 Å². The summed E-state index contributed by atoms with van der Waals surface area (Å²) < 4.78 is 12.8. The predicted octanol–water partition coefficient (Wildman–Crippen LogP) is 4.84. The Kier molecular flexibility index (Phi) is 6.66. The molecule has 7 nitrogen and oxygen atoms in total. The van der Waals surface area contributed by atoms with E-state index in [-0.39, 0.29) is 0 Å². The van der Waals surface area contributed by atoms with Crippen molar-refractivity contribution in [3.63, 3.8) is 0 Å². The van der Waals surface area contributed by atoms with E-state index in [1.165, 1.54) is 0 Å². The summed E-state index contributed by atoms with van der Waals surface area (Å²) in [5, 5.41) is 7.66. The average molecular weight is 476 g/mol. The Morgan fingerprint density at radius 3 is 2.29 bits per heavy atom. The summed E-state index contributed by atoms with van der Waals surface area (Å²) in [5.74, 6) is 4.80. The molecule has 2 aromatic heterocycles. The largest absolute Gasteiger partial charge is 0.497 e. The van der Waals surface area contributed by atoms with Crippen molar-refractivity contribution in [2.45, 2.75) is 0 Å². The van der Waals surface area contributed by atoms with Crippen molar-refractivity contribution in [2.24, 2.45) is 7.05 Å². The molecule has 0 N–H and O–H groups in total. The summed E-state index contributed by atoms with van der Waals surface area (Å²) in [6, 6.07) is 11.9. The number of aryl methyl sites for hydroxylation is 1. The van der Waals surface area contributed by atoms with Crippen molar-refractivity contribution in [2.75, 3.05) is 44.4 Å². The van der Waals surface area contributed by atoms with Crippen LogP contribution in [0, 0.1) is 11.2 Å². The van der Waals surface area contributed by atoms with E-state index < -0.39 is 10.0 Å². The van der Waals surface area contributed by atoms with Crippen molar-refractivity contribution in [1.29, 1.82) is 0 Å². The fourth-order valence-electron chi connectivity index (χ4n) is 3.47. The van der Waals surface area contributed by atoms with Crippen LogP contribution in [0.5, 0.6) is 11.5 Å². The lowest BCUT2D eigenvalue weighted by atomic mass is 10.2. The molecule has 0 aliphatic rings. The van der Waals surface area contributed by atoms with E-state index in [0.29, 0.717) is 18.0 Å². The van der Waals surface area contributed by atoms with Gasteiger partial charge in [-0.2, -0.15) is 15.1 Å². The highest BCUT2D eigenvalue weighted by molar-refractivity contribution is 8.35. The molecule has 2 aromatic carbocycles. The van der Waals surface area contributed by atoms with Crippen LogP contribution in [-0.4, -0.2) is 59.3 Å². The van der Waals surface area contributed by atoms with Crippen molar-refractivity contribution in [1.82, 2.24) is 19.7 Å². The van der Waals surface area contributed by atoms with E-state index in [2.05, 4.69) is 44.9 Å². The van der Waals surface area contributed by atoms with Crippen LogP contribution in [0.1, 0.15) is 0 Å². The molecule has 176 valence electrons. The maximum absolute atomic E-state index is 5.51. The van der Waals surface area contributed by atoms with Gasteiger partial charge in [-0.3, -0.25) is 9.67 Å². The molecule has 0 aliphatic heterocycles. The van der Waals surface area contributed by atoms with E-state index in [1.54, 1.807) is 31.3 Å². The first kappa shape index (κ1) is 23.5. The summed E-state index contributed by atoms with van der Waals surface area (Å²) in [6.07, 6.45) is 12.1. The monoisotopic (exact) mass is 475 g/mol. The Hall–Kier alpha value is -3.70. The molecule has 4 aromatic rings. The Balaban J connectivity index is 1.81. The van der Waals surface area contributed by atoms with Crippen molar-refractivity contribution in [3.8, 4) is 33.9 Å². The van der Waals surface area contributed by atoms with Crippen LogP contribution in [0.2, 0.25) is 0 Å². The number of aromatic nitrogens is 4. The van der Waals surface area contributed by atoms with E-state index in [1.807, 2.05) is 49.6 Å². The lowest BCUT2D eigenvalue weighted by molar-refractivity contribution is 0.394. The molecule has 0 saturated heterocycles. The first-order valence-corrected chi connectivity index (χ1v) is 13.6. The van der Waals surface area contributed by atoms with Crippen LogP contribution in [-0.2, 0) is 7.05 Å². The third-order valence-electron chi connectivity index (χ3n) is 5.10. The third kappa shape index (κ3) is 5.43. The molecule has 8 heteroatoms. The van der Waals surface area contributed by atoms with Crippen LogP contribution < -0.4 is 14.4 Å². The maximum atomic E-state index is 5.51. The molecule has 0 atom stereocenters. The highest BCUT2D eigenvalue weighted by Gasteiger charge is 2.14. The zero-order valence-corrected chi connectivity index (χ0v) is 21.2. The van der Waals surface area contributed by atoms with Gasteiger partial charge in [0.1, 0.15) is 11.5 Å². The number of benzene rings is 2. The number of methoxy groups -OCH3 is 2. The standard InChI is InChI=1S/C26H29N5O2S/c1-30-18-19(16-28-30)26-17-27-24-9-8-20(14-25(24)29-26)31(10-7-11-34(4,5)6)21-12-22(32-2)15-23(13-21)33-3/h8-9,12-18H,10H2,1-6H3. The van der Waals surface area contributed by atoms with Crippen molar-refractivity contribution < 1.29 is 9.47 Å². The first-order valence-electron chi connectivity index (χ1n) is 10.7. The number of hydrogen-bond donors (Lipinski definition) is 0. The Labute approximate surface area is 202 Å². The number of fused-ring (bicyclic) bond motifs is 1. The van der Waals surface area contributed by atoms with E-state index in [9.17, 15) is 0 Å². The van der Waals surface area contributed by atoms with Crippen molar-refractivity contribution >= 4 is 32.4 Å². The van der Waals surface area contributed by atoms with E-state index in [0.717, 1.165) is 33.7 Å². The average Bonchev–Trinajstić information content (AvgIpc) is 3.26. The number of anilines is 2. The quantitative estimate of drug-likeness (QED) is 0.372. The molecule has 0 fully saturated rings. The second-order valence-electron chi connectivity index (χ2n) is 8.60. The summed E-state index contributed by atoms with van der Waals surface area (Å²) in [6.45, 7) is 0.516. The molecular formula is C26H29N5O2S. The molecule has 0 saturated carbocycles. The lowest BCUT2D eigenvalue weighted by Gasteiger charge is -2.24. The molecule has 0 bridgehead atoms. The molecule has 0 aliphatic carbocycles. The Bertz CT molecular complexity index is 1360. The number of ether oxygens (including phenoxy) is 2. The zero-order chi connectivity index (χ0) is 24.3. The summed E-state index contributed by atoms with van der Waals surface area (Å²) >= 11 is 0. The van der Waals surface area contributed by atoms with Gasteiger partial charge in [0.2, 0.25) is 0 Å². The van der Waals surface area contributed by atoms with Crippen LogP contribution in [0.25, 0.3) is 22.3 Å². The highest BCUT2D eigenvalue weighted by Crippen LogP contribution is 2.35. The number of rotatable bonds is 6. The van der Waals surface area contributed by atoms with Gasteiger partial charge in [0.05, 0.1) is 49.9 Å². The van der Waals surface area contributed by atoms with Gasteiger partial charge in [-0.1, -0.05) is 11.2 Å². The topological polar surface area (TPSA) is 65.3 Å². The second-order valence-corrected chi connectivity index (χ2v) is 12.5. The fourth-order valence-corrected chi connectivity index (χ4v) is 3.97. The number of nitrogens with zero attached hydrogens (tertiary/aromatic N) is 5. The Morgan fingerprint density at radius 2 is 1.68 bits per heavy atom. The minimum Gasteiger partial charge on any atom is -0.497 e. The maximum Gasteiger partial charge on any atom is 0.124 e. The van der Waals surface area contributed by atoms with Gasteiger partial charge in [-0.05, 0) is 37.0 Å². The Morgan fingerprint density at radius 1 is 0.941 bits per heavy atom. The lowest BCUT2D eigenvalue weighted by Crippen LogP contribution is -2.17. The summed E-state index contributed by atoms with van der Waals surface area (Å²) in [4.78, 5) is 11.6. The highest BCUT2D eigenvalue weighted by atomic mass is 32.3. The van der Waals surface area contributed by atoms with Crippen molar-refractivity contribution in [3.05, 3.63) is 55.0 Å². The smallest absolute Gasteiger partial charge is 0.124 e. The molecule has 0 spiro atoms. The van der Waals surface area contributed by atoms with Crippen LogP contribution >= 0.6 is 10.0 Å². The SMILES string of the molecule is COc1cc(OC)cc(N(CC#CS(C)(C)C)c2ccc3ncc(-c4cnn(C)c4)nc3c2)c1. The minimum atomic E-state index is -0.946. The third-order valence-corrected chi connectivity index (χ3v) is 5.86. The predicted molar refractivity (Wildman–Crippen MR) is 141 cm³/mol. The van der Waals surface area contributed by atoms with Crippen LogP contribution in [0.15, 0.2) is 55.0 Å².